The summed E-state index contributed by atoms with van der Waals surface area (Å²) in [5.74, 6) is -3.55. The Labute approximate surface area is 156 Å². The molecule has 140 valence electrons. The van der Waals surface area contributed by atoms with Crippen molar-refractivity contribution in [3.05, 3.63) is 39.3 Å². The molecule has 0 aromatic heterocycles. The van der Waals surface area contributed by atoms with Crippen molar-refractivity contribution in [2.24, 2.45) is 0 Å². The first kappa shape index (κ1) is 19.9. The van der Waals surface area contributed by atoms with Crippen LogP contribution in [0.1, 0.15) is 10.4 Å². The second-order valence-corrected chi connectivity index (χ2v) is 5.91. The highest BCUT2D eigenvalue weighted by atomic mass is 79.9. The molecule has 1 aliphatic rings. The van der Waals surface area contributed by atoms with Crippen molar-refractivity contribution in [3.63, 3.8) is 0 Å². The SMILES string of the molecule is COC(=O)C1=C(C(=O)OC)N(c2cc(Br)cc(C(=O)OC)c2F)COC1. The molecular formula is C16H15BrFNO7. The van der Waals surface area contributed by atoms with Crippen molar-refractivity contribution < 1.29 is 37.7 Å². The summed E-state index contributed by atoms with van der Waals surface area (Å²) in [6.07, 6.45) is 0. The Hall–Kier alpha value is -2.46. The van der Waals surface area contributed by atoms with Gasteiger partial charge in [-0.2, -0.15) is 0 Å². The first-order chi connectivity index (χ1) is 12.3. The minimum Gasteiger partial charge on any atom is -0.466 e. The van der Waals surface area contributed by atoms with Gasteiger partial charge in [-0.05, 0) is 12.1 Å². The van der Waals surface area contributed by atoms with Crippen LogP contribution in [0.5, 0.6) is 0 Å². The van der Waals surface area contributed by atoms with Gasteiger partial charge in [0.25, 0.3) is 0 Å². The van der Waals surface area contributed by atoms with Crippen molar-refractivity contribution in [1.82, 2.24) is 0 Å². The molecule has 0 aliphatic carbocycles. The molecule has 0 fully saturated rings. The van der Waals surface area contributed by atoms with E-state index in [1.807, 2.05) is 0 Å². The summed E-state index contributed by atoms with van der Waals surface area (Å²) in [5.41, 5.74) is -0.907. The van der Waals surface area contributed by atoms with Crippen molar-refractivity contribution in [3.8, 4) is 0 Å². The predicted molar refractivity (Wildman–Crippen MR) is 89.8 cm³/mol. The summed E-state index contributed by atoms with van der Waals surface area (Å²) in [5, 5.41) is 0. The molecular weight excluding hydrogens is 417 g/mol. The molecule has 0 saturated heterocycles. The summed E-state index contributed by atoms with van der Waals surface area (Å²) in [7, 11) is 3.37. The lowest BCUT2D eigenvalue weighted by molar-refractivity contribution is -0.140. The molecule has 1 aromatic rings. The topological polar surface area (TPSA) is 91.4 Å². The molecule has 0 spiro atoms. The number of carbonyl (C=O) groups is 3. The van der Waals surface area contributed by atoms with Crippen LogP contribution in [0.25, 0.3) is 0 Å². The van der Waals surface area contributed by atoms with E-state index in [0.717, 1.165) is 26.2 Å². The fraction of sp³-hybridized carbons (Fsp3) is 0.312. The molecule has 0 unspecified atom stereocenters. The maximum absolute atomic E-state index is 14.9. The normalized spacial score (nSPS) is 14.1. The van der Waals surface area contributed by atoms with E-state index in [4.69, 9.17) is 9.47 Å². The average molecular weight is 432 g/mol. The number of methoxy groups -OCH3 is 3. The standard InChI is InChI=1S/C16H15BrFNO7/c1-23-14(20)9-4-8(17)5-11(12(9)18)19-7-26-6-10(15(21)24-2)13(19)16(22)25-3/h4-5H,6-7H2,1-3H3. The van der Waals surface area contributed by atoms with Crippen LogP contribution in [-0.4, -0.2) is 52.6 Å². The zero-order chi connectivity index (χ0) is 19.4. The number of carbonyl (C=O) groups excluding carboxylic acids is 3. The van der Waals surface area contributed by atoms with Crippen LogP contribution in [0, 0.1) is 5.82 Å². The monoisotopic (exact) mass is 431 g/mol. The Kier molecular flexibility index (Phi) is 6.32. The van der Waals surface area contributed by atoms with Crippen LogP contribution < -0.4 is 4.90 Å². The number of anilines is 1. The highest BCUT2D eigenvalue weighted by molar-refractivity contribution is 9.10. The highest BCUT2D eigenvalue weighted by Gasteiger charge is 2.34. The van der Waals surface area contributed by atoms with Crippen LogP contribution >= 0.6 is 15.9 Å². The Morgan fingerprint density at radius 1 is 1.08 bits per heavy atom. The van der Waals surface area contributed by atoms with E-state index in [-0.39, 0.29) is 35.9 Å². The third-order valence-electron chi connectivity index (χ3n) is 3.55. The third kappa shape index (κ3) is 3.70. The van der Waals surface area contributed by atoms with Crippen LogP contribution in [-0.2, 0) is 28.5 Å². The quantitative estimate of drug-likeness (QED) is 0.526. The molecule has 0 N–H and O–H groups in total. The molecule has 0 saturated carbocycles. The van der Waals surface area contributed by atoms with Gasteiger partial charge in [-0.15, -0.1) is 0 Å². The lowest BCUT2D eigenvalue weighted by atomic mass is 10.1. The molecule has 1 aromatic carbocycles. The number of nitrogens with zero attached hydrogens (tertiary/aromatic N) is 1. The van der Waals surface area contributed by atoms with Crippen LogP contribution in [0.15, 0.2) is 27.9 Å². The summed E-state index contributed by atoms with van der Waals surface area (Å²) in [6.45, 7) is -0.466. The lowest BCUT2D eigenvalue weighted by Gasteiger charge is -2.31. The molecule has 1 heterocycles. The average Bonchev–Trinajstić information content (AvgIpc) is 2.66. The van der Waals surface area contributed by atoms with E-state index in [9.17, 15) is 18.8 Å². The Morgan fingerprint density at radius 3 is 2.27 bits per heavy atom. The van der Waals surface area contributed by atoms with Gasteiger partial charge in [0.15, 0.2) is 5.82 Å². The predicted octanol–water partition coefficient (Wildman–Crippen LogP) is 1.77. The fourth-order valence-corrected chi connectivity index (χ4v) is 2.81. The van der Waals surface area contributed by atoms with Gasteiger partial charge >= 0.3 is 17.9 Å². The van der Waals surface area contributed by atoms with Crippen molar-refractivity contribution in [2.75, 3.05) is 39.6 Å². The fourth-order valence-electron chi connectivity index (χ4n) is 2.36. The summed E-state index contributed by atoms with van der Waals surface area (Å²) in [6, 6.07) is 2.56. The van der Waals surface area contributed by atoms with E-state index in [1.165, 1.54) is 12.1 Å². The summed E-state index contributed by atoms with van der Waals surface area (Å²) < 4.78 is 34.5. The number of hydrogen-bond acceptors (Lipinski definition) is 8. The second-order valence-electron chi connectivity index (χ2n) is 4.99. The van der Waals surface area contributed by atoms with Crippen LogP contribution in [0.3, 0.4) is 0 Å². The van der Waals surface area contributed by atoms with Gasteiger partial charge in [0.1, 0.15) is 12.4 Å². The Morgan fingerprint density at radius 2 is 1.69 bits per heavy atom. The molecule has 10 heteroatoms. The first-order valence-electron chi connectivity index (χ1n) is 7.18. The van der Waals surface area contributed by atoms with E-state index in [1.54, 1.807) is 0 Å². The first-order valence-corrected chi connectivity index (χ1v) is 7.97. The summed E-state index contributed by atoms with van der Waals surface area (Å²) in [4.78, 5) is 37.1. The van der Waals surface area contributed by atoms with Crippen LogP contribution in [0.4, 0.5) is 10.1 Å². The zero-order valence-electron chi connectivity index (χ0n) is 14.1. The second kappa shape index (κ2) is 8.28. The zero-order valence-corrected chi connectivity index (χ0v) is 15.7. The maximum Gasteiger partial charge on any atom is 0.355 e. The van der Waals surface area contributed by atoms with Crippen molar-refractivity contribution in [2.45, 2.75) is 0 Å². The summed E-state index contributed by atoms with van der Waals surface area (Å²) >= 11 is 3.18. The van der Waals surface area contributed by atoms with E-state index in [2.05, 4.69) is 25.4 Å². The lowest BCUT2D eigenvalue weighted by Crippen LogP contribution is -2.39. The van der Waals surface area contributed by atoms with Gasteiger partial charge in [0.2, 0.25) is 0 Å². The molecule has 0 atom stereocenters. The smallest absolute Gasteiger partial charge is 0.355 e. The van der Waals surface area contributed by atoms with Gasteiger partial charge in [-0.3, -0.25) is 0 Å². The molecule has 1 aliphatic heterocycles. The number of hydrogen-bond donors (Lipinski definition) is 0. The Balaban J connectivity index is 2.69. The van der Waals surface area contributed by atoms with E-state index in [0.29, 0.717) is 4.47 Å². The van der Waals surface area contributed by atoms with Gasteiger partial charge in [0, 0.05) is 4.47 Å². The number of esters is 3. The molecule has 0 bridgehead atoms. The number of ether oxygens (including phenoxy) is 4. The molecule has 8 nitrogen and oxygen atoms in total. The number of halogens is 2. The minimum atomic E-state index is -0.948. The molecule has 0 amide bonds. The van der Waals surface area contributed by atoms with E-state index < -0.39 is 23.7 Å². The van der Waals surface area contributed by atoms with Gasteiger partial charge in [0.05, 0.1) is 44.8 Å². The number of rotatable bonds is 4. The highest BCUT2D eigenvalue weighted by Crippen LogP contribution is 2.33. The van der Waals surface area contributed by atoms with Crippen molar-refractivity contribution in [1.29, 1.82) is 0 Å². The molecule has 0 radical (unpaired) electrons. The minimum absolute atomic E-state index is 0.135. The molecule has 26 heavy (non-hydrogen) atoms. The number of benzene rings is 1. The van der Waals surface area contributed by atoms with Gasteiger partial charge < -0.3 is 23.8 Å². The third-order valence-corrected chi connectivity index (χ3v) is 4.01. The van der Waals surface area contributed by atoms with Gasteiger partial charge in [-0.1, -0.05) is 15.9 Å². The maximum atomic E-state index is 14.9. The molecule has 2 rings (SSSR count). The Bertz CT molecular complexity index is 793. The van der Waals surface area contributed by atoms with E-state index >= 15 is 0 Å². The largest absolute Gasteiger partial charge is 0.466 e. The van der Waals surface area contributed by atoms with Crippen molar-refractivity contribution >= 4 is 39.5 Å². The van der Waals surface area contributed by atoms with Crippen LogP contribution in [0.2, 0.25) is 0 Å². The van der Waals surface area contributed by atoms with Gasteiger partial charge in [-0.25, -0.2) is 18.8 Å².